The molecule has 5 nitrogen and oxygen atoms in total. The minimum absolute atomic E-state index is 0.0492. The molecule has 6 heteroatoms. The van der Waals surface area contributed by atoms with Gasteiger partial charge in [-0.2, -0.15) is 0 Å². The Kier molecular flexibility index (Phi) is 3.47. The third-order valence-corrected chi connectivity index (χ3v) is 2.55. The molecule has 1 heterocycles. The van der Waals surface area contributed by atoms with E-state index in [9.17, 15) is 4.79 Å². The van der Waals surface area contributed by atoms with Gasteiger partial charge in [0.15, 0.2) is 5.76 Å². The first-order valence-electron chi connectivity index (χ1n) is 5.11. The SMILES string of the molecule is COc1ccc(OC)c(/C=C2/OC(=S)NC2=O)c1. The van der Waals surface area contributed by atoms with E-state index in [1.165, 1.54) is 0 Å². The van der Waals surface area contributed by atoms with Gasteiger partial charge in [-0.15, -0.1) is 0 Å². The average molecular weight is 265 g/mol. The molecule has 0 unspecified atom stereocenters. The fourth-order valence-corrected chi connectivity index (χ4v) is 1.70. The van der Waals surface area contributed by atoms with E-state index in [1.54, 1.807) is 38.5 Å². The molecule has 0 saturated carbocycles. The second-order valence-electron chi connectivity index (χ2n) is 3.46. The van der Waals surface area contributed by atoms with Crippen LogP contribution in [-0.2, 0) is 9.53 Å². The van der Waals surface area contributed by atoms with Gasteiger partial charge in [0.1, 0.15) is 11.5 Å². The van der Waals surface area contributed by atoms with Crippen LogP contribution in [-0.4, -0.2) is 25.3 Å². The summed E-state index contributed by atoms with van der Waals surface area (Å²) in [5, 5.41) is 2.43. The second-order valence-corrected chi connectivity index (χ2v) is 3.83. The maximum Gasteiger partial charge on any atom is 0.294 e. The topological polar surface area (TPSA) is 56.8 Å². The van der Waals surface area contributed by atoms with Crippen LogP contribution < -0.4 is 14.8 Å². The van der Waals surface area contributed by atoms with Gasteiger partial charge >= 0.3 is 0 Å². The van der Waals surface area contributed by atoms with Crippen molar-refractivity contribution in [1.29, 1.82) is 0 Å². The Hall–Kier alpha value is -2.08. The van der Waals surface area contributed by atoms with E-state index in [0.717, 1.165) is 0 Å². The molecule has 0 aliphatic carbocycles. The zero-order chi connectivity index (χ0) is 13.1. The highest BCUT2D eigenvalue weighted by atomic mass is 32.1. The first kappa shape index (κ1) is 12.4. The van der Waals surface area contributed by atoms with E-state index < -0.39 is 0 Å². The van der Waals surface area contributed by atoms with Gasteiger partial charge in [0.25, 0.3) is 11.1 Å². The van der Waals surface area contributed by atoms with Crippen molar-refractivity contribution in [2.45, 2.75) is 0 Å². The van der Waals surface area contributed by atoms with E-state index in [-0.39, 0.29) is 16.8 Å². The first-order valence-corrected chi connectivity index (χ1v) is 5.51. The molecular weight excluding hydrogens is 254 g/mol. The third kappa shape index (κ3) is 2.43. The fourth-order valence-electron chi connectivity index (χ4n) is 1.51. The van der Waals surface area contributed by atoms with Crippen molar-refractivity contribution >= 4 is 29.4 Å². The molecule has 0 aromatic heterocycles. The van der Waals surface area contributed by atoms with Crippen LogP contribution in [0.4, 0.5) is 0 Å². The molecule has 1 saturated heterocycles. The van der Waals surface area contributed by atoms with Crippen molar-refractivity contribution < 1.29 is 19.0 Å². The van der Waals surface area contributed by atoms with E-state index in [1.807, 2.05) is 0 Å². The molecule has 1 aromatic rings. The Morgan fingerprint density at radius 1 is 1.33 bits per heavy atom. The van der Waals surface area contributed by atoms with Crippen LogP contribution in [0.1, 0.15) is 5.56 Å². The molecule has 2 rings (SSSR count). The number of methoxy groups -OCH3 is 2. The maximum absolute atomic E-state index is 11.5. The summed E-state index contributed by atoms with van der Waals surface area (Å²) in [4.78, 5) is 11.5. The Morgan fingerprint density at radius 2 is 2.11 bits per heavy atom. The molecule has 1 aliphatic heterocycles. The van der Waals surface area contributed by atoms with E-state index >= 15 is 0 Å². The van der Waals surface area contributed by atoms with Crippen LogP contribution in [0.25, 0.3) is 6.08 Å². The molecule has 1 N–H and O–H groups in total. The number of hydrogen-bond acceptors (Lipinski definition) is 5. The number of hydrogen-bond donors (Lipinski definition) is 1. The molecule has 0 radical (unpaired) electrons. The molecule has 0 spiro atoms. The summed E-state index contributed by atoms with van der Waals surface area (Å²) in [5.74, 6) is 1.03. The van der Waals surface area contributed by atoms with Gasteiger partial charge < -0.3 is 14.2 Å². The van der Waals surface area contributed by atoms with Crippen LogP contribution >= 0.6 is 12.2 Å². The summed E-state index contributed by atoms with van der Waals surface area (Å²) >= 11 is 4.75. The number of ether oxygens (including phenoxy) is 3. The van der Waals surface area contributed by atoms with Crippen LogP contribution in [0, 0.1) is 0 Å². The smallest absolute Gasteiger partial charge is 0.294 e. The van der Waals surface area contributed by atoms with Crippen molar-refractivity contribution in [2.24, 2.45) is 0 Å². The van der Waals surface area contributed by atoms with Crippen molar-refractivity contribution in [1.82, 2.24) is 5.32 Å². The molecule has 1 aliphatic rings. The number of rotatable bonds is 3. The lowest BCUT2D eigenvalue weighted by atomic mass is 10.1. The van der Waals surface area contributed by atoms with Crippen LogP contribution in [0.3, 0.4) is 0 Å². The summed E-state index contributed by atoms with van der Waals surface area (Å²) in [6.45, 7) is 0. The number of amides is 1. The molecule has 1 amide bonds. The Labute approximate surface area is 109 Å². The van der Waals surface area contributed by atoms with Gasteiger partial charge in [-0.3, -0.25) is 10.1 Å². The van der Waals surface area contributed by atoms with E-state index in [0.29, 0.717) is 17.1 Å². The molecule has 0 atom stereocenters. The van der Waals surface area contributed by atoms with Crippen LogP contribution in [0.5, 0.6) is 11.5 Å². The lowest BCUT2D eigenvalue weighted by Crippen LogP contribution is -2.18. The predicted molar refractivity (Wildman–Crippen MR) is 69.3 cm³/mol. The number of carbonyl (C=O) groups excluding carboxylic acids is 1. The lowest BCUT2D eigenvalue weighted by molar-refractivity contribution is -0.116. The van der Waals surface area contributed by atoms with Gasteiger partial charge in [0, 0.05) is 5.56 Å². The summed E-state index contributed by atoms with van der Waals surface area (Å²) in [5.41, 5.74) is 0.673. The van der Waals surface area contributed by atoms with Crippen LogP contribution in [0.15, 0.2) is 24.0 Å². The summed E-state index contributed by atoms with van der Waals surface area (Å²) in [6, 6.07) is 5.25. The maximum atomic E-state index is 11.5. The third-order valence-electron chi connectivity index (χ3n) is 2.37. The Bertz CT molecular complexity index is 539. The highest BCUT2D eigenvalue weighted by molar-refractivity contribution is 7.80. The van der Waals surface area contributed by atoms with Crippen molar-refractivity contribution in [3.63, 3.8) is 0 Å². The number of benzene rings is 1. The van der Waals surface area contributed by atoms with Gasteiger partial charge in [0.2, 0.25) is 0 Å². The number of thiocarbonyl (C=S) groups is 1. The monoisotopic (exact) mass is 265 g/mol. The molecule has 94 valence electrons. The summed E-state index contributed by atoms with van der Waals surface area (Å²) in [6.07, 6.45) is 1.55. The largest absolute Gasteiger partial charge is 0.497 e. The minimum atomic E-state index is -0.370. The highest BCUT2D eigenvalue weighted by Gasteiger charge is 2.23. The van der Waals surface area contributed by atoms with E-state index in [2.05, 4.69) is 5.32 Å². The van der Waals surface area contributed by atoms with E-state index in [4.69, 9.17) is 26.4 Å². The zero-order valence-electron chi connectivity index (χ0n) is 9.85. The average Bonchev–Trinajstić information content (AvgIpc) is 2.67. The summed E-state index contributed by atoms with van der Waals surface area (Å²) < 4.78 is 15.4. The fraction of sp³-hybridized carbons (Fsp3) is 0.167. The van der Waals surface area contributed by atoms with Gasteiger partial charge in [-0.05, 0) is 36.5 Å². The molecule has 0 bridgehead atoms. The molecule has 18 heavy (non-hydrogen) atoms. The van der Waals surface area contributed by atoms with Crippen molar-refractivity contribution in [3.8, 4) is 11.5 Å². The van der Waals surface area contributed by atoms with Gasteiger partial charge in [0.05, 0.1) is 14.2 Å². The quantitative estimate of drug-likeness (QED) is 0.662. The molecule has 1 aromatic carbocycles. The van der Waals surface area contributed by atoms with Gasteiger partial charge in [-0.25, -0.2) is 0 Å². The normalized spacial score (nSPS) is 16.4. The predicted octanol–water partition coefficient (Wildman–Crippen LogP) is 1.48. The first-order chi connectivity index (χ1) is 8.63. The van der Waals surface area contributed by atoms with Gasteiger partial charge in [-0.1, -0.05) is 0 Å². The zero-order valence-corrected chi connectivity index (χ0v) is 10.7. The van der Waals surface area contributed by atoms with Crippen molar-refractivity contribution in [2.75, 3.05) is 14.2 Å². The lowest BCUT2D eigenvalue weighted by Gasteiger charge is -2.07. The molecule has 1 fully saturated rings. The Balaban J connectivity index is 2.40. The van der Waals surface area contributed by atoms with Crippen LogP contribution in [0.2, 0.25) is 0 Å². The molecular formula is C12H11NO4S. The number of nitrogens with one attached hydrogen (secondary N) is 1. The van der Waals surface area contributed by atoms with Crippen molar-refractivity contribution in [3.05, 3.63) is 29.5 Å². The summed E-state index contributed by atoms with van der Waals surface area (Å²) in [7, 11) is 3.11. The second kappa shape index (κ2) is 5.05. The highest BCUT2D eigenvalue weighted by Crippen LogP contribution is 2.27. The Morgan fingerprint density at radius 3 is 2.67 bits per heavy atom. The minimum Gasteiger partial charge on any atom is -0.497 e. The standard InChI is InChI=1S/C12H11NO4S/c1-15-8-3-4-9(16-2)7(5-8)6-10-11(14)13-12(18)17-10/h3-6H,1-2H3,(H,13,14,18)/b10-6+. The number of carbonyl (C=O) groups is 1.